The molecule has 0 radical (unpaired) electrons. The number of hydrogen-bond acceptors (Lipinski definition) is 4. The highest BCUT2D eigenvalue weighted by Crippen LogP contribution is 2.49. The quantitative estimate of drug-likeness (QED) is 0.152. The molecule has 15 aromatic rings. The minimum atomic E-state index is 0.588. The Morgan fingerprint density at radius 2 is 0.493 bits per heavy atom. The van der Waals surface area contributed by atoms with E-state index in [0.717, 1.165) is 122 Å². The Bertz CT molecular complexity index is 4470. The third-order valence-corrected chi connectivity index (χ3v) is 14.7. The lowest BCUT2D eigenvalue weighted by Crippen LogP contribution is -2.13. The van der Waals surface area contributed by atoms with Crippen molar-refractivity contribution in [2.45, 2.75) is 0 Å². The van der Waals surface area contributed by atoms with Gasteiger partial charge in [-0.3, -0.25) is 4.57 Å². The Balaban J connectivity index is 1.13. The van der Waals surface area contributed by atoms with Gasteiger partial charge in [0, 0.05) is 60.1 Å². The molecule has 10 aromatic carbocycles. The van der Waals surface area contributed by atoms with Crippen molar-refractivity contribution in [2.75, 3.05) is 0 Å². The van der Waals surface area contributed by atoms with Gasteiger partial charge in [-0.05, 0) is 42.0 Å². The lowest BCUT2D eigenvalue weighted by atomic mass is 9.96. The van der Waals surface area contributed by atoms with Crippen molar-refractivity contribution in [3.8, 4) is 73.7 Å². The van der Waals surface area contributed by atoms with Crippen molar-refractivity contribution in [3.05, 3.63) is 261 Å². The fraction of sp³-hybridized carbons (Fsp3) is 0. The third kappa shape index (κ3) is 6.75. The van der Waals surface area contributed by atoms with Crippen molar-refractivity contribution in [3.63, 3.8) is 0 Å². The van der Waals surface area contributed by atoms with E-state index in [2.05, 4.69) is 214 Å². The molecule has 0 amide bonds. The first kappa shape index (κ1) is 42.4. The maximum atomic E-state index is 6.15. The zero-order valence-corrected chi connectivity index (χ0v) is 40.5. The van der Waals surface area contributed by atoms with Crippen LogP contribution in [-0.4, -0.2) is 33.6 Å². The van der Waals surface area contributed by atoms with Crippen LogP contribution < -0.4 is 0 Å². The Kier molecular flexibility index (Phi) is 9.75. The van der Waals surface area contributed by atoms with Crippen molar-refractivity contribution < 1.29 is 0 Å². The maximum absolute atomic E-state index is 6.15. The molecule has 75 heavy (non-hydrogen) atoms. The number of pyridine rings is 1. The minimum Gasteiger partial charge on any atom is -0.306 e. The first-order valence-electron chi connectivity index (χ1n) is 25.3. The van der Waals surface area contributed by atoms with E-state index in [1.807, 2.05) is 60.7 Å². The first-order chi connectivity index (χ1) is 37.2. The molecule has 0 bridgehead atoms. The van der Waals surface area contributed by atoms with Crippen molar-refractivity contribution >= 4 is 65.4 Å². The van der Waals surface area contributed by atoms with Crippen LogP contribution in [0.5, 0.6) is 0 Å². The molecule has 0 aliphatic heterocycles. The standard InChI is InChI=1S/C68H43N7/c1-4-22-45(23-5-1)62-63(73-55-34-16-10-28-49(55)50-29-11-17-35-56(50)73)61(44-40-42-48(43-41-44)67-71-65(46-24-6-2-7-25-46)70-66(72-67)47-26-8-3-9-27-47)64(74-57-36-18-12-30-51(57)52-31-13-19-37-58(52)74)68(69-62)75-59-38-20-14-32-53(59)54-33-15-21-39-60(54)75/h1-43H. The van der Waals surface area contributed by atoms with Gasteiger partial charge in [-0.1, -0.05) is 224 Å². The van der Waals surface area contributed by atoms with Gasteiger partial charge in [-0.2, -0.15) is 0 Å². The molecular weight excluding hydrogens is 915 g/mol. The molecule has 0 spiro atoms. The summed E-state index contributed by atoms with van der Waals surface area (Å²) in [6.45, 7) is 0. The smallest absolute Gasteiger partial charge is 0.164 e. The van der Waals surface area contributed by atoms with E-state index in [0.29, 0.717) is 17.5 Å². The normalized spacial score (nSPS) is 11.7. The molecule has 0 atom stereocenters. The summed E-state index contributed by atoms with van der Waals surface area (Å²) in [4.78, 5) is 21.5. The number of fused-ring (bicyclic) bond motifs is 9. The monoisotopic (exact) mass is 957 g/mol. The van der Waals surface area contributed by atoms with E-state index >= 15 is 0 Å². The molecule has 0 saturated carbocycles. The highest BCUT2D eigenvalue weighted by molar-refractivity contribution is 6.14. The Hall–Kier alpha value is -10.2. The van der Waals surface area contributed by atoms with E-state index in [1.54, 1.807) is 0 Å². The van der Waals surface area contributed by atoms with Crippen LogP contribution in [0.4, 0.5) is 0 Å². The van der Waals surface area contributed by atoms with Crippen LogP contribution in [-0.2, 0) is 0 Å². The Morgan fingerprint density at radius 1 is 0.213 bits per heavy atom. The van der Waals surface area contributed by atoms with Gasteiger partial charge < -0.3 is 9.13 Å². The summed E-state index contributed by atoms with van der Waals surface area (Å²) in [7, 11) is 0. The summed E-state index contributed by atoms with van der Waals surface area (Å²) < 4.78 is 7.32. The predicted molar refractivity (Wildman–Crippen MR) is 308 cm³/mol. The molecule has 5 aromatic heterocycles. The van der Waals surface area contributed by atoms with E-state index in [4.69, 9.17) is 19.9 Å². The van der Waals surface area contributed by atoms with Gasteiger partial charge in [-0.25, -0.2) is 19.9 Å². The van der Waals surface area contributed by atoms with Crippen LogP contribution in [0.15, 0.2) is 261 Å². The number of hydrogen-bond donors (Lipinski definition) is 0. The van der Waals surface area contributed by atoms with Gasteiger partial charge in [0.1, 0.15) is 0 Å². The number of nitrogens with zero attached hydrogens (tertiary/aromatic N) is 7. The summed E-state index contributed by atoms with van der Waals surface area (Å²) in [5, 5.41) is 6.96. The van der Waals surface area contributed by atoms with Crippen LogP contribution >= 0.6 is 0 Å². The lowest BCUT2D eigenvalue weighted by molar-refractivity contribution is 1.01. The van der Waals surface area contributed by atoms with Crippen LogP contribution in [0.25, 0.3) is 139 Å². The second-order valence-corrected chi connectivity index (χ2v) is 18.9. The molecule has 15 rings (SSSR count). The van der Waals surface area contributed by atoms with E-state index in [1.165, 1.54) is 0 Å². The molecule has 7 nitrogen and oxygen atoms in total. The molecule has 0 aliphatic rings. The van der Waals surface area contributed by atoms with Crippen molar-refractivity contribution in [2.24, 2.45) is 0 Å². The van der Waals surface area contributed by atoms with E-state index in [9.17, 15) is 0 Å². The Labute approximate surface area is 431 Å². The van der Waals surface area contributed by atoms with E-state index < -0.39 is 0 Å². The van der Waals surface area contributed by atoms with Crippen molar-refractivity contribution in [1.82, 2.24) is 33.6 Å². The van der Waals surface area contributed by atoms with Crippen LogP contribution in [0.3, 0.4) is 0 Å². The summed E-state index contributed by atoms with van der Waals surface area (Å²) in [5.41, 5.74) is 14.9. The second-order valence-electron chi connectivity index (χ2n) is 18.9. The number of aromatic nitrogens is 7. The van der Waals surface area contributed by atoms with Crippen LogP contribution in [0.2, 0.25) is 0 Å². The molecule has 0 fully saturated rings. The van der Waals surface area contributed by atoms with Gasteiger partial charge in [0.15, 0.2) is 23.3 Å². The first-order valence-corrected chi connectivity index (χ1v) is 25.3. The fourth-order valence-electron chi connectivity index (χ4n) is 11.4. The highest BCUT2D eigenvalue weighted by atomic mass is 15.1. The summed E-state index contributed by atoms with van der Waals surface area (Å²) in [5.74, 6) is 2.62. The summed E-state index contributed by atoms with van der Waals surface area (Å²) in [6.07, 6.45) is 0. The van der Waals surface area contributed by atoms with Crippen molar-refractivity contribution in [1.29, 1.82) is 0 Å². The average molecular weight is 958 g/mol. The SMILES string of the molecule is c1ccc(-c2nc(-c3ccccc3)nc(-c3ccc(-c4c(-n5c6ccccc6c6ccccc65)c(-c5ccccc5)nc(-n5c6ccccc6c6ccccc65)c4-n4c5ccccc5c5ccccc54)cc3)n2)cc1. The molecule has 0 N–H and O–H groups in total. The molecule has 0 unspecified atom stereocenters. The summed E-state index contributed by atoms with van der Waals surface area (Å²) >= 11 is 0. The predicted octanol–water partition coefficient (Wildman–Crippen LogP) is 16.9. The zero-order chi connectivity index (χ0) is 49.4. The molecule has 5 heterocycles. The molecule has 0 saturated heterocycles. The van der Waals surface area contributed by atoms with Gasteiger partial charge in [-0.15, -0.1) is 0 Å². The fourth-order valence-corrected chi connectivity index (χ4v) is 11.4. The minimum absolute atomic E-state index is 0.588. The second kappa shape index (κ2) is 17.2. The zero-order valence-electron chi connectivity index (χ0n) is 40.5. The largest absolute Gasteiger partial charge is 0.306 e. The van der Waals surface area contributed by atoms with Crippen LogP contribution in [0, 0.1) is 0 Å². The molecular formula is C68H43N7. The summed E-state index contributed by atoms with van der Waals surface area (Å²) in [6, 6.07) is 92.3. The Morgan fingerprint density at radius 3 is 0.867 bits per heavy atom. The topological polar surface area (TPSA) is 66.3 Å². The number of rotatable bonds is 8. The maximum Gasteiger partial charge on any atom is 0.164 e. The van der Waals surface area contributed by atoms with Crippen LogP contribution in [0.1, 0.15) is 0 Å². The van der Waals surface area contributed by atoms with Gasteiger partial charge in [0.05, 0.1) is 50.2 Å². The third-order valence-electron chi connectivity index (χ3n) is 14.7. The molecule has 0 aliphatic carbocycles. The van der Waals surface area contributed by atoms with Gasteiger partial charge in [0.2, 0.25) is 0 Å². The number of para-hydroxylation sites is 6. The molecule has 7 heteroatoms. The van der Waals surface area contributed by atoms with E-state index in [-0.39, 0.29) is 0 Å². The highest BCUT2D eigenvalue weighted by Gasteiger charge is 2.31. The molecule has 350 valence electrons. The lowest BCUT2D eigenvalue weighted by Gasteiger charge is -2.26. The van der Waals surface area contributed by atoms with Gasteiger partial charge in [0.25, 0.3) is 0 Å². The number of benzene rings is 10. The van der Waals surface area contributed by atoms with Gasteiger partial charge >= 0.3 is 0 Å². The average Bonchev–Trinajstić information content (AvgIpc) is 4.17.